The lowest BCUT2D eigenvalue weighted by Crippen LogP contribution is -2.11. The van der Waals surface area contributed by atoms with Crippen LogP contribution < -0.4 is 10.2 Å². The number of benzene rings is 1. The number of aromatic nitrogens is 2. The molecule has 0 aliphatic carbocycles. The normalized spacial score (nSPS) is 12.2. The standard InChI is InChI=1S/C17H26N4/c1-6-14(3)21-10-9-16(19-21)12-18-15-8-7-13(2)17(11-15)20(4)5/h7-11,14,18H,6,12H2,1-5H3. The van der Waals surface area contributed by atoms with Gasteiger partial charge in [0.15, 0.2) is 0 Å². The second-order valence-corrected chi connectivity index (χ2v) is 5.79. The average molecular weight is 286 g/mol. The highest BCUT2D eigenvalue weighted by Gasteiger charge is 2.06. The molecule has 0 fully saturated rings. The van der Waals surface area contributed by atoms with Crippen LogP contribution >= 0.6 is 0 Å². The Morgan fingerprint density at radius 1 is 1.29 bits per heavy atom. The number of anilines is 2. The van der Waals surface area contributed by atoms with Gasteiger partial charge in [-0.3, -0.25) is 4.68 Å². The average Bonchev–Trinajstić information content (AvgIpc) is 2.94. The van der Waals surface area contributed by atoms with Gasteiger partial charge in [-0.15, -0.1) is 0 Å². The maximum Gasteiger partial charge on any atom is 0.0815 e. The fourth-order valence-corrected chi connectivity index (χ4v) is 2.30. The van der Waals surface area contributed by atoms with Crippen molar-refractivity contribution >= 4 is 11.4 Å². The lowest BCUT2D eigenvalue weighted by Gasteiger charge is -2.17. The van der Waals surface area contributed by atoms with Crippen molar-refractivity contribution in [2.24, 2.45) is 0 Å². The van der Waals surface area contributed by atoms with Crippen LogP contribution in [0, 0.1) is 6.92 Å². The molecular formula is C17H26N4. The fraction of sp³-hybridized carbons (Fsp3) is 0.471. The Labute approximate surface area is 127 Å². The van der Waals surface area contributed by atoms with Crippen LogP contribution in [-0.2, 0) is 6.54 Å². The van der Waals surface area contributed by atoms with Crippen molar-refractivity contribution in [3.8, 4) is 0 Å². The van der Waals surface area contributed by atoms with Gasteiger partial charge in [0.1, 0.15) is 0 Å². The zero-order chi connectivity index (χ0) is 15.4. The molecule has 0 bridgehead atoms. The topological polar surface area (TPSA) is 33.1 Å². The lowest BCUT2D eigenvalue weighted by molar-refractivity contribution is 0.474. The molecule has 1 aromatic heterocycles. The van der Waals surface area contributed by atoms with Crippen LogP contribution in [0.25, 0.3) is 0 Å². The third kappa shape index (κ3) is 3.78. The van der Waals surface area contributed by atoms with E-state index in [9.17, 15) is 0 Å². The first kappa shape index (κ1) is 15.4. The van der Waals surface area contributed by atoms with Crippen molar-refractivity contribution < 1.29 is 0 Å². The minimum atomic E-state index is 0.457. The zero-order valence-electron chi connectivity index (χ0n) is 13.7. The van der Waals surface area contributed by atoms with Crippen LogP contribution in [-0.4, -0.2) is 23.9 Å². The number of nitrogens with zero attached hydrogens (tertiary/aromatic N) is 3. The lowest BCUT2D eigenvalue weighted by atomic mass is 10.1. The molecule has 4 nitrogen and oxygen atoms in total. The molecule has 1 heterocycles. The van der Waals surface area contributed by atoms with Crippen LogP contribution in [0.1, 0.15) is 37.6 Å². The maximum atomic E-state index is 4.61. The molecule has 0 saturated heterocycles. The van der Waals surface area contributed by atoms with Gasteiger partial charge in [-0.1, -0.05) is 13.0 Å². The highest BCUT2D eigenvalue weighted by atomic mass is 15.3. The first-order valence-corrected chi connectivity index (χ1v) is 7.57. The molecule has 0 amide bonds. The Morgan fingerprint density at radius 3 is 2.71 bits per heavy atom. The van der Waals surface area contributed by atoms with Crippen molar-refractivity contribution in [2.75, 3.05) is 24.3 Å². The number of hydrogen-bond donors (Lipinski definition) is 1. The van der Waals surface area contributed by atoms with Crippen molar-refractivity contribution in [1.29, 1.82) is 0 Å². The van der Waals surface area contributed by atoms with Gasteiger partial charge in [0.2, 0.25) is 0 Å². The molecule has 1 unspecified atom stereocenters. The van der Waals surface area contributed by atoms with E-state index in [2.05, 4.69) is 80.6 Å². The second kappa shape index (κ2) is 6.66. The molecule has 2 aromatic rings. The van der Waals surface area contributed by atoms with Gasteiger partial charge in [0.05, 0.1) is 12.2 Å². The minimum Gasteiger partial charge on any atom is -0.379 e. The van der Waals surface area contributed by atoms with Gasteiger partial charge in [-0.2, -0.15) is 5.10 Å². The molecule has 0 aliphatic heterocycles. The summed E-state index contributed by atoms with van der Waals surface area (Å²) in [7, 11) is 4.14. The summed E-state index contributed by atoms with van der Waals surface area (Å²) < 4.78 is 2.04. The first-order chi connectivity index (χ1) is 10.0. The van der Waals surface area contributed by atoms with E-state index in [1.54, 1.807) is 0 Å². The van der Waals surface area contributed by atoms with Gasteiger partial charge in [0.25, 0.3) is 0 Å². The van der Waals surface area contributed by atoms with Crippen LogP contribution in [0.2, 0.25) is 0 Å². The Morgan fingerprint density at radius 2 is 2.05 bits per heavy atom. The smallest absolute Gasteiger partial charge is 0.0815 e. The summed E-state index contributed by atoms with van der Waals surface area (Å²) in [6, 6.07) is 8.99. The van der Waals surface area contributed by atoms with E-state index in [-0.39, 0.29) is 0 Å². The Hall–Kier alpha value is -1.97. The molecule has 0 aliphatic rings. The molecule has 21 heavy (non-hydrogen) atoms. The molecule has 4 heteroatoms. The van der Waals surface area contributed by atoms with Crippen LogP contribution in [0.5, 0.6) is 0 Å². The number of nitrogens with one attached hydrogen (secondary N) is 1. The van der Waals surface area contributed by atoms with Crippen molar-refractivity contribution in [3.05, 3.63) is 41.7 Å². The number of rotatable bonds is 6. The van der Waals surface area contributed by atoms with Gasteiger partial charge >= 0.3 is 0 Å². The van der Waals surface area contributed by atoms with E-state index in [1.807, 2.05) is 4.68 Å². The summed E-state index contributed by atoms with van der Waals surface area (Å²) >= 11 is 0. The monoisotopic (exact) mass is 286 g/mol. The largest absolute Gasteiger partial charge is 0.379 e. The van der Waals surface area contributed by atoms with Crippen molar-refractivity contribution in [3.63, 3.8) is 0 Å². The molecule has 0 saturated carbocycles. The molecule has 1 atom stereocenters. The summed E-state index contributed by atoms with van der Waals surface area (Å²) in [6.07, 6.45) is 3.16. The van der Waals surface area contributed by atoms with Gasteiger partial charge in [-0.25, -0.2) is 0 Å². The predicted molar refractivity (Wildman–Crippen MR) is 90.1 cm³/mol. The first-order valence-electron chi connectivity index (χ1n) is 7.57. The van der Waals surface area contributed by atoms with Crippen LogP contribution in [0.15, 0.2) is 30.5 Å². The van der Waals surface area contributed by atoms with Crippen molar-refractivity contribution in [1.82, 2.24) is 9.78 Å². The summed E-state index contributed by atoms with van der Waals surface area (Å²) in [4.78, 5) is 2.14. The van der Waals surface area contributed by atoms with Gasteiger partial charge < -0.3 is 10.2 Å². The highest BCUT2D eigenvalue weighted by molar-refractivity contribution is 5.61. The molecule has 114 valence electrons. The maximum absolute atomic E-state index is 4.61. The van der Waals surface area contributed by atoms with Gasteiger partial charge in [-0.05, 0) is 44.0 Å². The Kier molecular flexibility index (Phi) is 4.89. The quantitative estimate of drug-likeness (QED) is 0.876. The molecular weight excluding hydrogens is 260 g/mol. The summed E-state index contributed by atoms with van der Waals surface area (Å²) in [5.74, 6) is 0. The molecule has 1 aromatic carbocycles. The zero-order valence-corrected chi connectivity index (χ0v) is 13.7. The number of hydrogen-bond acceptors (Lipinski definition) is 3. The van der Waals surface area contributed by atoms with E-state index in [0.717, 1.165) is 24.3 Å². The van der Waals surface area contributed by atoms with Gasteiger partial charge in [0, 0.05) is 37.7 Å². The van der Waals surface area contributed by atoms with Crippen LogP contribution in [0.3, 0.4) is 0 Å². The Balaban J connectivity index is 2.03. The van der Waals surface area contributed by atoms with Crippen LogP contribution in [0.4, 0.5) is 11.4 Å². The Bertz CT molecular complexity index is 586. The third-order valence-electron chi connectivity index (χ3n) is 3.87. The molecule has 2 rings (SSSR count). The fourth-order valence-electron chi connectivity index (χ4n) is 2.30. The summed E-state index contributed by atoms with van der Waals surface area (Å²) in [5.41, 5.74) is 4.72. The van der Waals surface area contributed by atoms with E-state index in [0.29, 0.717) is 6.04 Å². The minimum absolute atomic E-state index is 0.457. The summed E-state index contributed by atoms with van der Waals surface area (Å²) in [6.45, 7) is 7.25. The van der Waals surface area contributed by atoms with E-state index in [1.165, 1.54) is 11.3 Å². The molecule has 1 N–H and O–H groups in total. The summed E-state index contributed by atoms with van der Waals surface area (Å²) in [5, 5.41) is 8.07. The molecule has 0 radical (unpaired) electrons. The predicted octanol–water partition coefficient (Wildman–Crippen LogP) is 3.84. The number of aryl methyl sites for hydroxylation is 1. The SMILES string of the molecule is CCC(C)n1ccc(CNc2ccc(C)c(N(C)C)c2)n1. The van der Waals surface area contributed by atoms with E-state index >= 15 is 0 Å². The highest BCUT2D eigenvalue weighted by Crippen LogP contribution is 2.22. The van der Waals surface area contributed by atoms with E-state index in [4.69, 9.17) is 0 Å². The van der Waals surface area contributed by atoms with Crippen molar-refractivity contribution in [2.45, 2.75) is 39.8 Å². The second-order valence-electron chi connectivity index (χ2n) is 5.79. The molecule has 0 spiro atoms. The third-order valence-corrected chi connectivity index (χ3v) is 3.87. The van der Waals surface area contributed by atoms with E-state index < -0.39 is 0 Å².